The van der Waals surface area contributed by atoms with E-state index in [4.69, 9.17) is 9.47 Å². The molecule has 1 N–H and O–H groups in total. The Morgan fingerprint density at radius 3 is 2.59 bits per heavy atom. The maximum Gasteiger partial charge on any atom is 0.263 e. The number of carbonyl (C=O) groups is 1. The average molecular weight is 390 g/mol. The van der Waals surface area contributed by atoms with Crippen LogP contribution in [0.25, 0.3) is 0 Å². The van der Waals surface area contributed by atoms with E-state index < -0.39 is 22.0 Å². The number of rotatable bonds is 5. The first kappa shape index (κ1) is 19.0. The van der Waals surface area contributed by atoms with Gasteiger partial charge in [-0.1, -0.05) is 30.3 Å². The summed E-state index contributed by atoms with van der Waals surface area (Å²) in [5.74, 6) is 0.633. The summed E-state index contributed by atoms with van der Waals surface area (Å²) in [4.78, 5) is 12.8. The summed E-state index contributed by atoms with van der Waals surface area (Å²) in [5.41, 5.74) is 1.26. The summed E-state index contributed by atoms with van der Waals surface area (Å²) in [6.07, 6.45) is 0.161. The van der Waals surface area contributed by atoms with Gasteiger partial charge >= 0.3 is 0 Å². The Kier molecular flexibility index (Phi) is 5.27. The molecule has 1 aliphatic heterocycles. The summed E-state index contributed by atoms with van der Waals surface area (Å²) in [5, 5.41) is 2.88. The second-order valence-corrected chi connectivity index (χ2v) is 8.25. The number of fused-ring (bicyclic) bond motifs is 1. The molecule has 0 unspecified atom stereocenters. The summed E-state index contributed by atoms with van der Waals surface area (Å²) >= 11 is 0. The molecule has 0 spiro atoms. The number of anilines is 1. The standard InChI is InChI=1S/C19H22N2O5S/c1-13(14-8-4-6-10-16(14)25-2)20-19(22)18-12-21(27(3,23)24)15-9-5-7-11-17(15)26-18/h4-11,13,18H,12H2,1-3H3,(H,20,22)/t13-,18-/m0/s1. The first-order valence-corrected chi connectivity index (χ1v) is 10.3. The molecule has 0 aliphatic carbocycles. The van der Waals surface area contributed by atoms with Gasteiger partial charge in [-0.15, -0.1) is 0 Å². The van der Waals surface area contributed by atoms with Crippen LogP contribution in [0.3, 0.4) is 0 Å². The molecule has 2 atom stereocenters. The lowest BCUT2D eigenvalue weighted by atomic mass is 10.1. The Bertz CT molecular complexity index is 945. The van der Waals surface area contributed by atoms with Crippen LogP contribution in [-0.4, -0.2) is 40.3 Å². The minimum absolute atomic E-state index is 0.0830. The van der Waals surface area contributed by atoms with Crippen molar-refractivity contribution in [3.8, 4) is 11.5 Å². The van der Waals surface area contributed by atoms with Crippen molar-refractivity contribution in [2.75, 3.05) is 24.2 Å². The van der Waals surface area contributed by atoms with E-state index in [1.807, 2.05) is 31.2 Å². The minimum Gasteiger partial charge on any atom is -0.496 e. The Morgan fingerprint density at radius 2 is 1.89 bits per heavy atom. The number of amides is 1. The molecular weight excluding hydrogens is 368 g/mol. The van der Waals surface area contributed by atoms with Crippen molar-refractivity contribution in [1.29, 1.82) is 0 Å². The van der Waals surface area contributed by atoms with Crippen molar-refractivity contribution in [2.24, 2.45) is 0 Å². The Balaban J connectivity index is 1.81. The highest BCUT2D eigenvalue weighted by Gasteiger charge is 2.35. The van der Waals surface area contributed by atoms with Crippen LogP contribution in [0.1, 0.15) is 18.5 Å². The number of nitrogens with one attached hydrogen (secondary N) is 1. The van der Waals surface area contributed by atoms with Crippen molar-refractivity contribution < 1.29 is 22.7 Å². The number of hydrogen-bond acceptors (Lipinski definition) is 5. The fourth-order valence-corrected chi connectivity index (χ4v) is 3.98. The van der Waals surface area contributed by atoms with Gasteiger partial charge in [0, 0.05) is 5.56 Å². The fraction of sp³-hybridized carbons (Fsp3) is 0.316. The summed E-state index contributed by atoms with van der Waals surface area (Å²) in [6, 6.07) is 13.8. The molecule has 1 aliphatic rings. The monoisotopic (exact) mass is 390 g/mol. The lowest BCUT2D eigenvalue weighted by Gasteiger charge is -2.34. The number of nitrogens with zero attached hydrogens (tertiary/aromatic N) is 1. The number of sulfonamides is 1. The number of ether oxygens (including phenoxy) is 2. The number of methoxy groups -OCH3 is 1. The molecule has 0 fully saturated rings. The number of hydrogen-bond donors (Lipinski definition) is 1. The van der Waals surface area contributed by atoms with Gasteiger partial charge in [0.2, 0.25) is 10.0 Å². The van der Waals surface area contributed by atoms with Crippen LogP contribution in [-0.2, 0) is 14.8 Å². The molecule has 0 saturated carbocycles. The van der Waals surface area contributed by atoms with Gasteiger partial charge in [-0.3, -0.25) is 9.10 Å². The average Bonchev–Trinajstić information content (AvgIpc) is 2.66. The van der Waals surface area contributed by atoms with Gasteiger partial charge < -0.3 is 14.8 Å². The van der Waals surface area contributed by atoms with Gasteiger partial charge in [0.15, 0.2) is 6.10 Å². The molecule has 0 bridgehead atoms. The van der Waals surface area contributed by atoms with Crippen LogP contribution in [0.2, 0.25) is 0 Å². The third kappa shape index (κ3) is 4.00. The molecule has 7 nitrogen and oxygen atoms in total. The van der Waals surface area contributed by atoms with Gasteiger partial charge in [0.1, 0.15) is 11.5 Å². The SMILES string of the molecule is COc1ccccc1[C@H](C)NC(=O)[C@@H]1CN(S(C)(=O)=O)c2ccccc2O1. The number of carbonyl (C=O) groups excluding carboxylic acids is 1. The van der Waals surface area contributed by atoms with E-state index in [0.29, 0.717) is 17.2 Å². The first-order chi connectivity index (χ1) is 12.8. The predicted octanol–water partition coefficient (Wildman–Crippen LogP) is 2.10. The zero-order valence-corrected chi connectivity index (χ0v) is 16.2. The van der Waals surface area contributed by atoms with E-state index in [9.17, 15) is 13.2 Å². The quantitative estimate of drug-likeness (QED) is 0.845. The Hall–Kier alpha value is -2.74. The molecule has 1 heterocycles. The van der Waals surface area contributed by atoms with Gasteiger partial charge in [0.25, 0.3) is 5.91 Å². The highest BCUT2D eigenvalue weighted by molar-refractivity contribution is 7.92. The van der Waals surface area contributed by atoms with E-state index in [0.717, 1.165) is 11.8 Å². The molecule has 27 heavy (non-hydrogen) atoms. The van der Waals surface area contributed by atoms with Crippen molar-refractivity contribution in [3.63, 3.8) is 0 Å². The van der Waals surface area contributed by atoms with Gasteiger partial charge in [-0.05, 0) is 25.1 Å². The predicted molar refractivity (Wildman–Crippen MR) is 103 cm³/mol. The Labute approximate surface area is 158 Å². The molecule has 0 saturated heterocycles. The molecular formula is C19H22N2O5S. The van der Waals surface area contributed by atoms with Gasteiger partial charge in [0.05, 0.1) is 31.6 Å². The molecule has 8 heteroatoms. The highest BCUT2D eigenvalue weighted by atomic mass is 32.2. The third-order valence-electron chi connectivity index (χ3n) is 4.39. The second-order valence-electron chi connectivity index (χ2n) is 6.34. The number of benzene rings is 2. The molecule has 0 radical (unpaired) electrons. The van der Waals surface area contributed by atoms with E-state index in [2.05, 4.69) is 5.32 Å². The third-order valence-corrected chi connectivity index (χ3v) is 5.54. The zero-order valence-electron chi connectivity index (χ0n) is 15.4. The van der Waals surface area contributed by atoms with Crippen molar-refractivity contribution >= 4 is 21.6 Å². The van der Waals surface area contributed by atoms with Gasteiger partial charge in [-0.25, -0.2) is 8.42 Å². The minimum atomic E-state index is -3.54. The van der Waals surface area contributed by atoms with E-state index in [1.54, 1.807) is 31.4 Å². The lowest BCUT2D eigenvalue weighted by Crippen LogP contribution is -2.50. The molecule has 2 aromatic rings. The first-order valence-electron chi connectivity index (χ1n) is 8.48. The topological polar surface area (TPSA) is 84.9 Å². The molecule has 0 aromatic heterocycles. The fourth-order valence-electron chi connectivity index (χ4n) is 3.06. The largest absolute Gasteiger partial charge is 0.496 e. The summed E-state index contributed by atoms with van der Waals surface area (Å²) in [7, 11) is -1.98. The zero-order chi connectivity index (χ0) is 19.6. The lowest BCUT2D eigenvalue weighted by molar-refractivity contribution is -0.128. The normalized spacial score (nSPS) is 17.4. The van der Waals surface area contributed by atoms with Crippen molar-refractivity contribution in [3.05, 3.63) is 54.1 Å². The summed E-state index contributed by atoms with van der Waals surface area (Å²) < 4.78 is 36.6. The van der Waals surface area contributed by atoms with Crippen LogP contribution in [0, 0.1) is 0 Å². The van der Waals surface area contributed by atoms with E-state index in [1.165, 1.54) is 4.31 Å². The van der Waals surface area contributed by atoms with Crippen LogP contribution < -0.4 is 19.1 Å². The maximum atomic E-state index is 12.8. The second kappa shape index (κ2) is 7.48. The van der Waals surface area contributed by atoms with Crippen LogP contribution in [0.4, 0.5) is 5.69 Å². The van der Waals surface area contributed by atoms with Crippen molar-refractivity contribution in [2.45, 2.75) is 19.1 Å². The molecule has 144 valence electrons. The Morgan fingerprint density at radius 1 is 1.22 bits per heavy atom. The van der Waals surface area contributed by atoms with Crippen LogP contribution >= 0.6 is 0 Å². The summed E-state index contributed by atoms with van der Waals surface area (Å²) in [6.45, 7) is 1.75. The van der Waals surface area contributed by atoms with Crippen molar-refractivity contribution in [1.82, 2.24) is 5.32 Å². The van der Waals surface area contributed by atoms with Crippen LogP contribution in [0.5, 0.6) is 11.5 Å². The van der Waals surface area contributed by atoms with Crippen LogP contribution in [0.15, 0.2) is 48.5 Å². The highest BCUT2D eigenvalue weighted by Crippen LogP contribution is 2.35. The molecule has 2 aromatic carbocycles. The molecule has 3 rings (SSSR count). The number of para-hydroxylation sites is 3. The maximum absolute atomic E-state index is 12.8. The van der Waals surface area contributed by atoms with Gasteiger partial charge in [-0.2, -0.15) is 0 Å². The smallest absolute Gasteiger partial charge is 0.263 e. The van der Waals surface area contributed by atoms with E-state index >= 15 is 0 Å². The molecule has 1 amide bonds. The van der Waals surface area contributed by atoms with E-state index in [-0.39, 0.29) is 12.6 Å².